The van der Waals surface area contributed by atoms with E-state index in [2.05, 4.69) is 5.32 Å². The van der Waals surface area contributed by atoms with Crippen molar-refractivity contribution in [3.63, 3.8) is 0 Å². The third-order valence-corrected chi connectivity index (χ3v) is 2.57. The Morgan fingerprint density at radius 2 is 2.36 bits per heavy atom. The van der Waals surface area contributed by atoms with Crippen LogP contribution in [0.2, 0.25) is 5.02 Å². The van der Waals surface area contributed by atoms with Gasteiger partial charge in [0.15, 0.2) is 0 Å². The second-order valence-corrected chi connectivity index (χ2v) is 3.63. The van der Waals surface area contributed by atoms with E-state index in [1.54, 1.807) is 18.2 Å². The lowest BCUT2D eigenvalue weighted by Crippen LogP contribution is -2.35. The van der Waals surface area contributed by atoms with Gasteiger partial charge in [-0.05, 0) is 6.07 Å². The van der Waals surface area contributed by atoms with Crippen LogP contribution in [-0.2, 0) is 4.74 Å². The van der Waals surface area contributed by atoms with Gasteiger partial charge < -0.3 is 10.1 Å². The van der Waals surface area contributed by atoms with Gasteiger partial charge in [-0.3, -0.25) is 0 Å². The lowest BCUT2D eigenvalue weighted by molar-refractivity contribution is 0.0757. The summed E-state index contributed by atoms with van der Waals surface area (Å²) in [5, 5.41) is 3.34. The Morgan fingerprint density at radius 3 is 3.07 bits per heavy atom. The fraction of sp³-hybridized carbons (Fsp3) is 0.400. The van der Waals surface area contributed by atoms with Crippen LogP contribution in [0, 0.1) is 5.82 Å². The third-order valence-electron chi connectivity index (χ3n) is 2.28. The maximum Gasteiger partial charge on any atom is 0.146 e. The van der Waals surface area contributed by atoms with Gasteiger partial charge in [-0.2, -0.15) is 0 Å². The van der Waals surface area contributed by atoms with E-state index in [9.17, 15) is 4.39 Å². The maximum absolute atomic E-state index is 13.6. The van der Waals surface area contributed by atoms with E-state index in [0.29, 0.717) is 18.8 Å². The van der Waals surface area contributed by atoms with Gasteiger partial charge in [0.05, 0.1) is 24.3 Å². The first-order chi connectivity index (χ1) is 6.79. The van der Waals surface area contributed by atoms with Gasteiger partial charge >= 0.3 is 0 Å². The average Bonchev–Trinajstić information content (AvgIpc) is 2.23. The first-order valence-corrected chi connectivity index (χ1v) is 4.92. The van der Waals surface area contributed by atoms with Gasteiger partial charge in [0.2, 0.25) is 0 Å². The first kappa shape index (κ1) is 9.90. The summed E-state index contributed by atoms with van der Waals surface area (Å²) in [6.07, 6.45) is 0. The monoisotopic (exact) mass is 215 g/mol. The molecule has 0 radical (unpaired) electrons. The van der Waals surface area contributed by atoms with Crippen LogP contribution in [0.25, 0.3) is 0 Å². The van der Waals surface area contributed by atoms with Crippen molar-refractivity contribution < 1.29 is 9.13 Å². The molecule has 0 aliphatic carbocycles. The van der Waals surface area contributed by atoms with Crippen LogP contribution in [0.3, 0.4) is 0 Å². The van der Waals surface area contributed by atoms with Crippen LogP contribution >= 0.6 is 11.6 Å². The van der Waals surface area contributed by atoms with Crippen LogP contribution in [0.4, 0.5) is 4.39 Å². The molecule has 4 heteroatoms. The van der Waals surface area contributed by atoms with Crippen LogP contribution in [-0.4, -0.2) is 19.8 Å². The molecule has 1 N–H and O–H groups in total. The molecule has 0 spiro atoms. The Labute approximate surface area is 87.0 Å². The summed E-state index contributed by atoms with van der Waals surface area (Å²) in [6, 6.07) is 4.94. The molecule has 1 fully saturated rings. The minimum atomic E-state index is -0.350. The molecule has 2 rings (SSSR count). The summed E-state index contributed by atoms with van der Waals surface area (Å²) < 4.78 is 18.8. The van der Waals surface area contributed by atoms with E-state index >= 15 is 0 Å². The SMILES string of the molecule is Fc1c(Cl)cccc1[C@@H]1COCCN1. The normalized spacial score (nSPS) is 22.3. The van der Waals surface area contributed by atoms with E-state index in [1.807, 2.05) is 0 Å². The highest BCUT2D eigenvalue weighted by Crippen LogP contribution is 2.24. The van der Waals surface area contributed by atoms with Gasteiger partial charge in [-0.25, -0.2) is 4.39 Å². The fourth-order valence-electron chi connectivity index (χ4n) is 1.55. The van der Waals surface area contributed by atoms with Gasteiger partial charge in [0, 0.05) is 12.1 Å². The Morgan fingerprint density at radius 1 is 1.50 bits per heavy atom. The van der Waals surface area contributed by atoms with Gasteiger partial charge in [0.1, 0.15) is 5.82 Å². The second-order valence-electron chi connectivity index (χ2n) is 3.22. The highest BCUT2D eigenvalue weighted by Gasteiger charge is 2.19. The molecule has 0 saturated carbocycles. The van der Waals surface area contributed by atoms with Gasteiger partial charge in [-0.1, -0.05) is 23.7 Å². The van der Waals surface area contributed by atoms with Crippen molar-refractivity contribution in [3.05, 3.63) is 34.6 Å². The van der Waals surface area contributed by atoms with E-state index in [1.165, 1.54) is 0 Å². The van der Waals surface area contributed by atoms with Crippen molar-refractivity contribution in [2.24, 2.45) is 0 Å². The molecule has 0 amide bonds. The standard InChI is InChI=1S/C10H11ClFNO/c11-8-3-1-2-7(10(8)12)9-6-14-5-4-13-9/h1-3,9,13H,4-6H2/t9-/m0/s1. The molecule has 1 atom stereocenters. The molecule has 1 aliphatic heterocycles. The van der Waals surface area contributed by atoms with E-state index in [-0.39, 0.29) is 16.9 Å². The van der Waals surface area contributed by atoms with Crippen molar-refractivity contribution in [1.82, 2.24) is 5.32 Å². The van der Waals surface area contributed by atoms with Crippen LogP contribution in [0.1, 0.15) is 11.6 Å². The Kier molecular flexibility index (Phi) is 3.01. The van der Waals surface area contributed by atoms with Crippen LogP contribution < -0.4 is 5.32 Å². The summed E-state index contributed by atoms with van der Waals surface area (Å²) in [7, 11) is 0. The predicted molar refractivity (Wildman–Crippen MR) is 53.0 cm³/mol. The van der Waals surface area contributed by atoms with Crippen molar-refractivity contribution in [1.29, 1.82) is 0 Å². The van der Waals surface area contributed by atoms with E-state index in [0.717, 1.165) is 6.54 Å². The molecule has 0 bridgehead atoms. The molecule has 0 unspecified atom stereocenters. The number of nitrogens with one attached hydrogen (secondary N) is 1. The predicted octanol–water partition coefficient (Wildman–Crippen LogP) is 2.14. The zero-order chi connectivity index (χ0) is 9.97. The summed E-state index contributed by atoms with van der Waals surface area (Å²) in [5.74, 6) is -0.350. The molecule has 2 nitrogen and oxygen atoms in total. The number of morpholine rings is 1. The van der Waals surface area contributed by atoms with E-state index < -0.39 is 0 Å². The minimum absolute atomic E-state index is 0.0811. The lowest BCUT2D eigenvalue weighted by Gasteiger charge is -2.24. The summed E-state index contributed by atoms with van der Waals surface area (Å²) >= 11 is 5.69. The maximum atomic E-state index is 13.6. The molecule has 14 heavy (non-hydrogen) atoms. The van der Waals surface area contributed by atoms with Crippen molar-refractivity contribution in [2.75, 3.05) is 19.8 Å². The van der Waals surface area contributed by atoms with Crippen LogP contribution in [0.5, 0.6) is 0 Å². The summed E-state index contributed by atoms with van der Waals surface area (Å²) in [6.45, 7) is 1.92. The lowest BCUT2D eigenvalue weighted by atomic mass is 10.1. The van der Waals surface area contributed by atoms with Crippen molar-refractivity contribution in [2.45, 2.75) is 6.04 Å². The third kappa shape index (κ3) is 1.90. The molecule has 1 aromatic rings. The number of hydrogen-bond donors (Lipinski definition) is 1. The highest BCUT2D eigenvalue weighted by atomic mass is 35.5. The van der Waals surface area contributed by atoms with Crippen LogP contribution in [0.15, 0.2) is 18.2 Å². The smallest absolute Gasteiger partial charge is 0.146 e. The average molecular weight is 216 g/mol. The quantitative estimate of drug-likeness (QED) is 0.775. The zero-order valence-electron chi connectivity index (χ0n) is 7.59. The van der Waals surface area contributed by atoms with Gasteiger partial charge in [0.25, 0.3) is 0 Å². The number of hydrogen-bond acceptors (Lipinski definition) is 2. The molecule has 76 valence electrons. The second kappa shape index (κ2) is 4.26. The van der Waals surface area contributed by atoms with Crippen molar-refractivity contribution in [3.8, 4) is 0 Å². The number of benzene rings is 1. The van der Waals surface area contributed by atoms with Gasteiger partial charge in [-0.15, -0.1) is 0 Å². The Bertz CT molecular complexity index is 326. The number of rotatable bonds is 1. The molecule has 1 saturated heterocycles. The molecular weight excluding hydrogens is 205 g/mol. The first-order valence-electron chi connectivity index (χ1n) is 4.54. The summed E-state index contributed by atoms with van der Waals surface area (Å²) in [5.41, 5.74) is 0.581. The summed E-state index contributed by atoms with van der Waals surface area (Å²) in [4.78, 5) is 0. The largest absolute Gasteiger partial charge is 0.378 e. The number of ether oxygens (including phenoxy) is 1. The minimum Gasteiger partial charge on any atom is -0.378 e. The number of halogens is 2. The zero-order valence-corrected chi connectivity index (χ0v) is 8.35. The Hall–Kier alpha value is -0.640. The van der Waals surface area contributed by atoms with E-state index in [4.69, 9.17) is 16.3 Å². The Balaban J connectivity index is 2.26. The highest BCUT2D eigenvalue weighted by molar-refractivity contribution is 6.30. The fourth-order valence-corrected chi connectivity index (χ4v) is 1.74. The molecular formula is C10H11ClFNO. The van der Waals surface area contributed by atoms with Crippen molar-refractivity contribution >= 4 is 11.6 Å². The molecule has 0 aromatic heterocycles. The molecule has 1 aromatic carbocycles. The molecule has 1 heterocycles. The molecule has 1 aliphatic rings. The topological polar surface area (TPSA) is 21.3 Å².